The molecule has 7 N–H and O–H groups in total. The predicted octanol–water partition coefficient (Wildman–Crippen LogP) is 3.65. The van der Waals surface area contributed by atoms with Crippen molar-refractivity contribution in [3.05, 3.63) is 108 Å². The van der Waals surface area contributed by atoms with E-state index < -0.39 is 12.1 Å². The van der Waals surface area contributed by atoms with E-state index in [0.29, 0.717) is 38.8 Å². The van der Waals surface area contributed by atoms with Crippen LogP contribution >= 0.6 is 0 Å². The molecular weight excluding hydrogens is 614 g/mol. The van der Waals surface area contributed by atoms with Gasteiger partial charge in [0.25, 0.3) is 0 Å². The topological polar surface area (TPSA) is 153 Å². The average Bonchev–Trinajstić information content (AvgIpc) is 3.66. The summed E-state index contributed by atoms with van der Waals surface area (Å²) in [5.74, 6) is 0.0271. The maximum Gasteiger partial charge on any atom is 0.248 e. The van der Waals surface area contributed by atoms with Gasteiger partial charge in [0, 0.05) is 49.8 Å². The minimum Gasteiger partial charge on any atom is -0.369 e. The van der Waals surface area contributed by atoms with Crippen LogP contribution in [0.4, 0.5) is 0 Å². The number of nitrogens with zero attached hydrogens (tertiary/aromatic N) is 5. The summed E-state index contributed by atoms with van der Waals surface area (Å²) in [4.78, 5) is 33.3. The highest BCUT2D eigenvalue weighted by molar-refractivity contribution is 5.97. The van der Waals surface area contributed by atoms with E-state index in [-0.39, 0.29) is 17.8 Å². The second-order valence-corrected chi connectivity index (χ2v) is 12.9. The van der Waals surface area contributed by atoms with Crippen molar-refractivity contribution in [3.8, 4) is 0 Å². The van der Waals surface area contributed by atoms with E-state index >= 15 is 0 Å². The molecule has 0 aliphatic heterocycles. The van der Waals surface area contributed by atoms with Gasteiger partial charge >= 0.3 is 0 Å². The van der Waals surface area contributed by atoms with Crippen LogP contribution < -0.4 is 22.6 Å². The maximum atomic E-state index is 13.4. The van der Waals surface area contributed by atoms with E-state index in [2.05, 4.69) is 21.4 Å². The number of aromatic nitrogens is 2. The summed E-state index contributed by atoms with van der Waals surface area (Å²) in [5, 5.41) is 3.97. The molecule has 0 bridgehead atoms. The first kappa shape index (κ1) is 35.5. The van der Waals surface area contributed by atoms with Crippen molar-refractivity contribution in [2.24, 2.45) is 22.2 Å². The SMILES string of the molecule is CN(C)CCc1cn(C(=O)C(N)CCCN=C(N)NN(C)CCc2cn(C(=O)C(N)Cc3ccccc3)c3ccccc23)c2ccccc12. The molecular formula is C38H49N9O2. The third-order valence-electron chi connectivity index (χ3n) is 8.80. The number of rotatable bonds is 15. The van der Waals surface area contributed by atoms with E-state index in [4.69, 9.17) is 17.2 Å². The summed E-state index contributed by atoms with van der Waals surface area (Å²) < 4.78 is 3.38. The zero-order valence-corrected chi connectivity index (χ0v) is 28.8. The maximum absolute atomic E-state index is 13.4. The number of nitrogens with one attached hydrogen (secondary N) is 1. The van der Waals surface area contributed by atoms with E-state index in [9.17, 15) is 9.59 Å². The summed E-state index contributed by atoms with van der Waals surface area (Å²) in [6.07, 6.45) is 6.93. The molecule has 0 saturated carbocycles. The second-order valence-electron chi connectivity index (χ2n) is 12.9. The van der Waals surface area contributed by atoms with Crippen molar-refractivity contribution in [3.63, 3.8) is 0 Å². The number of nitrogens with two attached hydrogens (primary N) is 3. The van der Waals surface area contributed by atoms with E-state index in [1.165, 1.54) is 0 Å². The van der Waals surface area contributed by atoms with Crippen LogP contribution in [0.1, 0.15) is 39.1 Å². The molecule has 11 nitrogen and oxygen atoms in total. The lowest BCUT2D eigenvalue weighted by Gasteiger charge is -2.18. The number of aliphatic imine (C=N–C) groups is 1. The minimum atomic E-state index is -0.654. The fraction of sp³-hybridized carbons (Fsp3) is 0.342. The fourth-order valence-corrected chi connectivity index (χ4v) is 6.13. The lowest BCUT2D eigenvalue weighted by atomic mass is 10.1. The van der Waals surface area contributed by atoms with Crippen LogP contribution in [0, 0.1) is 0 Å². The van der Waals surface area contributed by atoms with Gasteiger partial charge in [-0.3, -0.25) is 29.1 Å². The largest absolute Gasteiger partial charge is 0.369 e. The monoisotopic (exact) mass is 663 g/mol. The molecule has 5 rings (SSSR count). The Bertz CT molecular complexity index is 1890. The Kier molecular flexibility index (Phi) is 12.0. The molecule has 2 aromatic heterocycles. The van der Waals surface area contributed by atoms with E-state index in [1.54, 1.807) is 9.13 Å². The van der Waals surface area contributed by atoms with Gasteiger partial charge in [0.2, 0.25) is 17.8 Å². The zero-order valence-electron chi connectivity index (χ0n) is 28.8. The first-order chi connectivity index (χ1) is 23.6. The molecule has 2 unspecified atom stereocenters. The second kappa shape index (κ2) is 16.5. The Hall–Kier alpha value is -4.81. The fourth-order valence-electron chi connectivity index (χ4n) is 6.13. The number of hydrazine groups is 1. The van der Waals surface area contributed by atoms with Crippen LogP contribution in [0.2, 0.25) is 0 Å². The molecule has 11 heteroatoms. The molecule has 0 aliphatic carbocycles. The van der Waals surface area contributed by atoms with E-state index in [1.807, 2.05) is 111 Å². The molecule has 258 valence electrons. The Labute approximate surface area is 288 Å². The van der Waals surface area contributed by atoms with Gasteiger partial charge in [-0.2, -0.15) is 0 Å². The number of hydrogen-bond donors (Lipinski definition) is 4. The number of guanidine groups is 1. The Morgan fingerprint density at radius 2 is 1.29 bits per heavy atom. The summed E-state index contributed by atoms with van der Waals surface area (Å²) in [7, 11) is 5.98. The molecule has 0 aliphatic rings. The number of carbonyl (C=O) groups is 2. The molecule has 0 amide bonds. The predicted molar refractivity (Wildman–Crippen MR) is 199 cm³/mol. The molecule has 5 aromatic rings. The quantitative estimate of drug-likeness (QED) is 0.0573. The summed E-state index contributed by atoms with van der Waals surface area (Å²) in [5.41, 5.74) is 27.0. The summed E-state index contributed by atoms with van der Waals surface area (Å²) in [6, 6.07) is 24.3. The van der Waals surface area contributed by atoms with Crippen molar-refractivity contribution >= 4 is 39.6 Å². The van der Waals surface area contributed by atoms with Crippen LogP contribution in [0.25, 0.3) is 21.8 Å². The number of likely N-dealkylation sites (N-methyl/N-ethyl adjacent to an activating group) is 2. The van der Waals surface area contributed by atoms with Gasteiger partial charge in [0.15, 0.2) is 0 Å². The highest BCUT2D eigenvalue weighted by atomic mass is 16.2. The van der Waals surface area contributed by atoms with Crippen LogP contribution in [-0.4, -0.2) is 89.7 Å². The van der Waals surface area contributed by atoms with Gasteiger partial charge in [-0.1, -0.05) is 66.7 Å². The van der Waals surface area contributed by atoms with Crippen molar-refractivity contribution in [2.75, 3.05) is 40.8 Å². The number of hydrogen-bond acceptors (Lipinski definition) is 7. The molecule has 0 saturated heterocycles. The third-order valence-corrected chi connectivity index (χ3v) is 8.80. The van der Waals surface area contributed by atoms with Crippen LogP contribution in [0.3, 0.4) is 0 Å². The Morgan fingerprint density at radius 3 is 1.88 bits per heavy atom. The van der Waals surface area contributed by atoms with Gasteiger partial charge < -0.3 is 22.1 Å². The number of para-hydroxylation sites is 2. The summed E-state index contributed by atoms with van der Waals surface area (Å²) >= 11 is 0. The molecule has 0 fully saturated rings. The van der Waals surface area contributed by atoms with Crippen LogP contribution in [-0.2, 0) is 19.3 Å². The first-order valence-corrected chi connectivity index (χ1v) is 16.9. The standard InChI is InChI=1S/C38H49N9O2/c1-44(2)22-19-28-25-46(34-17-9-7-14-30(28)34)36(48)32(39)16-11-21-42-38(41)43-45(3)23-20-29-26-47(35-18-10-8-15-31(29)35)37(49)33(40)24-27-12-5-4-6-13-27/h4-10,12-15,17-18,25-26,32-33H,11,16,19-24,39-40H2,1-3H3,(H3,41,42,43). The lowest BCUT2D eigenvalue weighted by molar-refractivity contribution is 0.0874. The van der Waals surface area contributed by atoms with Gasteiger partial charge in [-0.05, 0) is 75.0 Å². The smallest absolute Gasteiger partial charge is 0.248 e. The molecule has 49 heavy (non-hydrogen) atoms. The number of fused-ring (bicyclic) bond motifs is 2. The molecule has 2 atom stereocenters. The van der Waals surface area contributed by atoms with Crippen LogP contribution in [0.15, 0.2) is 96.2 Å². The zero-order chi connectivity index (χ0) is 34.9. The highest BCUT2D eigenvalue weighted by Gasteiger charge is 2.21. The number of benzene rings is 3. The van der Waals surface area contributed by atoms with Gasteiger partial charge in [0.05, 0.1) is 23.1 Å². The summed E-state index contributed by atoms with van der Waals surface area (Å²) in [6.45, 7) is 1.95. The molecule has 3 aromatic carbocycles. The van der Waals surface area contributed by atoms with Gasteiger partial charge in [0.1, 0.15) is 0 Å². The van der Waals surface area contributed by atoms with Crippen molar-refractivity contribution < 1.29 is 9.59 Å². The normalized spacial score (nSPS) is 13.4. The highest BCUT2D eigenvalue weighted by Crippen LogP contribution is 2.24. The molecule has 0 spiro atoms. The minimum absolute atomic E-state index is 0.122. The molecule has 0 radical (unpaired) electrons. The average molecular weight is 664 g/mol. The Balaban J connectivity index is 1.11. The first-order valence-electron chi connectivity index (χ1n) is 16.9. The Morgan fingerprint density at radius 1 is 0.755 bits per heavy atom. The van der Waals surface area contributed by atoms with Crippen molar-refractivity contribution in [1.29, 1.82) is 0 Å². The van der Waals surface area contributed by atoms with Gasteiger partial charge in [-0.25, -0.2) is 5.01 Å². The van der Waals surface area contributed by atoms with E-state index in [0.717, 1.165) is 51.5 Å². The van der Waals surface area contributed by atoms with Crippen LogP contribution in [0.5, 0.6) is 0 Å². The lowest BCUT2D eigenvalue weighted by Crippen LogP contribution is -2.44. The number of carbonyl (C=O) groups excluding carboxylic acids is 2. The molecule has 2 heterocycles. The van der Waals surface area contributed by atoms with Crippen molar-refractivity contribution in [1.82, 2.24) is 24.5 Å². The van der Waals surface area contributed by atoms with Crippen molar-refractivity contribution in [2.45, 2.75) is 44.2 Å². The third kappa shape index (κ3) is 9.01. The van der Waals surface area contributed by atoms with Gasteiger partial charge in [-0.15, -0.1) is 0 Å².